The van der Waals surface area contributed by atoms with Crippen LogP contribution in [-0.2, 0) is 11.2 Å². The number of hydrogen-bond donors (Lipinski definition) is 1. The van der Waals surface area contributed by atoms with E-state index in [1.54, 1.807) is 0 Å². The number of thiophene rings is 1. The van der Waals surface area contributed by atoms with Gasteiger partial charge in [-0.25, -0.2) is 0 Å². The fraction of sp³-hybridized carbons (Fsp3) is 0.500. The Balaban J connectivity index is 1.34. The third kappa shape index (κ3) is 5.10. The maximum Gasteiger partial charge on any atom is 0.264 e. The van der Waals surface area contributed by atoms with E-state index in [4.69, 9.17) is 0 Å². The molecule has 6 heteroatoms. The lowest BCUT2D eigenvalue weighted by Gasteiger charge is -2.40. The van der Waals surface area contributed by atoms with E-state index in [1.165, 1.54) is 29.7 Å². The molecule has 2 heterocycles. The van der Waals surface area contributed by atoms with Crippen LogP contribution in [0.25, 0.3) is 0 Å². The Morgan fingerprint density at radius 3 is 2.40 bits per heavy atom. The van der Waals surface area contributed by atoms with Crippen LogP contribution in [0.5, 0.6) is 0 Å². The molecule has 1 aromatic carbocycles. The minimum atomic E-state index is -0.0673. The van der Waals surface area contributed by atoms with Gasteiger partial charge in [0.1, 0.15) is 0 Å². The summed E-state index contributed by atoms with van der Waals surface area (Å²) in [6.07, 6.45) is 5.55. The van der Waals surface area contributed by atoms with Crippen molar-refractivity contribution in [1.82, 2.24) is 15.1 Å². The molecular formula is C24H31N3O2S. The van der Waals surface area contributed by atoms with Gasteiger partial charge in [0.15, 0.2) is 0 Å². The molecule has 1 aliphatic carbocycles. The van der Waals surface area contributed by atoms with Crippen molar-refractivity contribution >= 4 is 23.2 Å². The fourth-order valence-electron chi connectivity index (χ4n) is 4.79. The van der Waals surface area contributed by atoms with Gasteiger partial charge in [0.2, 0.25) is 5.91 Å². The number of amides is 2. The van der Waals surface area contributed by atoms with Crippen LogP contribution in [0, 0.1) is 5.92 Å². The second-order valence-electron chi connectivity index (χ2n) is 8.32. The zero-order chi connectivity index (χ0) is 20.8. The van der Waals surface area contributed by atoms with Gasteiger partial charge in [-0.2, -0.15) is 0 Å². The molecule has 0 radical (unpaired) electrons. The summed E-state index contributed by atoms with van der Waals surface area (Å²) in [6.45, 7) is 3.59. The van der Waals surface area contributed by atoms with E-state index in [1.807, 2.05) is 40.6 Å². The average molecular weight is 426 g/mol. The third-order valence-electron chi connectivity index (χ3n) is 6.40. The number of piperazine rings is 1. The molecular weight excluding hydrogens is 394 g/mol. The van der Waals surface area contributed by atoms with Crippen molar-refractivity contribution in [2.75, 3.05) is 32.7 Å². The summed E-state index contributed by atoms with van der Waals surface area (Å²) in [6, 6.07) is 14.0. The van der Waals surface area contributed by atoms with Crippen LogP contribution in [0.2, 0.25) is 0 Å². The van der Waals surface area contributed by atoms with E-state index in [9.17, 15) is 9.59 Å². The minimum Gasteiger partial charge on any atom is -0.354 e. The van der Waals surface area contributed by atoms with Crippen LogP contribution in [0.4, 0.5) is 0 Å². The molecule has 2 amide bonds. The first-order valence-electron chi connectivity index (χ1n) is 11.1. The van der Waals surface area contributed by atoms with E-state index < -0.39 is 0 Å². The molecule has 1 aliphatic heterocycles. The Bertz CT molecular complexity index is 810. The first-order valence-corrected chi connectivity index (χ1v) is 12.0. The maximum absolute atomic E-state index is 13.2. The molecule has 4 rings (SSSR count). The van der Waals surface area contributed by atoms with Crippen molar-refractivity contribution in [3.05, 3.63) is 58.3 Å². The summed E-state index contributed by atoms with van der Waals surface area (Å²) in [5.41, 5.74) is 1.25. The summed E-state index contributed by atoms with van der Waals surface area (Å²) < 4.78 is 0. The van der Waals surface area contributed by atoms with E-state index >= 15 is 0 Å². The van der Waals surface area contributed by atoms with Gasteiger partial charge >= 0.3 is 0 Å². The summed E-state index contributed by atoms with van der Waals surface area (Å²) >= 11 is 1.50. The standard InChI is InChI=1S/C24H31N3O2S/c28-23(25-13-12-19-7-2-1-3-8-19)22(20-9-4-5-10-20)26-14-16-27(17-15-26)24(29)21-11-6-18-30-21/h1-3,6-8,11,18,20,22H,4-5,9-10,12-17H2,(H,25,28). The predicted octanol–water partition coefficient (Wildman–Crippen LogP) is 3.42. The lowest BCUT2D eigenvalue weighted by molar-refractivity contribution is -0.129. The van der Waals surface area contributed by atoms with Gasteiger partial charge in [0, 0.05) is 32.7 Å². The number of hydrogen-bond acceptors (Lipinski definition) is 4. The SMILES string of the molecule is O=C(NCCc1ccccc1)C(C1CCCC1)N1CCN(C(=O)c2cccs2)CC1. The van der Waals surface area contributed by atoms with Crippen molar-refractivity contribution < 1.29 is 9.59 Å². The van der Waals surface area contributed by atoms with Crippen LogP contribution in [-0.4, -0.2) is 60.4 Å². The number of carbonyl (C=O) groups excluding carboxylic acids is 2. The van der Waals surface area contributed by atoms with Crippen molar-refractivity contribution in [3.63, 3.8) is 0 Å². The van der Waals surface area contributed by atoms with Crippen molar-refractivity contribution in [1.29, 1.82) is 0 Å². The summed E-state index contributed by atoms with van der Waals surface area (Å²) in [7, 11) is 0. The van der Waals surface area contributed by atoms with Gasteiger partial charge in [-0.1, -0.05) is 49.2 Å². The molecule has 1 atom stereocenters. The Morgan fingerprint density at radius 2 is 1.73 bits per heavy atom. The van der Waals surface area contributed by atoms with E-state index in [-0.39, 0.29) is 17.9 Å². The molecule has 2 aliphatic rings. The average Bonchev–Trinajstić information content (AvgIpc) is 3.49. The van der Waals surface area contributed by atoms with E-state index in [0.717, 1.165) is 37.2 Å². The zero-order valence-corrected chi connectivity index (χ0v) is 18.3. The van der Waals surface area contributed by atoms with Gasteiger partial charge < -0.3 is 10.2 Å². The number of nitrogens with zero attached hydrogens (tertiary/aromatic N) is 2. The highest BCUT2D eigenvalue weighted by Crippen LogP contribution is 2.31. The quantitative estimate of drug-likeness (QED) is 0.740. The van der Waals surface area contributed by atoms with Crippen LogP contribution in [0.1, 0.15) is 40.9 Å². The van der Waals surface area contributed by atoms with Crippen molar-refractivity contribution in [2.24, 2.45) is 5.92 Å². The van der Waals surface area contributed by atoms with Gasteiger partial charge in [-0.05, 0) is 42.2 Å². The second kappa shape index (κ2) is 10.2. The summed E-state index contributed by atoms with van der Waals surface area (Å²) in [4.78, 5) is 30.9. The highest BCUT2D eigenvalue weighted by molar-refractivity contribution is 7.12. The summed E-state index contributed by atoms with van der Waals surface area (Å²) in [5, 5.41) is 5.15. The van der Waals surface area contributed by atoms with Gasteiger partial charge in [0.05, 0.1) is 10.9 Å². The maximum atomic E-state index is 13.2. The molecule has 30 heavy (non-hydrogen) atoms. The Hall–Kier alpha value is -2.18. The van der Waals surface area contributed by atoms with Gasteiger partial charge in [-0.3, -0.25) is 14.5 Å². The lowest BCUT2D eigenvalue weighted by Crippen LogP contribution is -2.58. The Kier molecular flexibility index (Phi) is 7.18. The van der Waals surface area contributed by atoms with Gasteiger partial charge in [0.25, 0.3) is 5.91 Å². The third-order valence-corrected chi connectivity index (χ3v) is 7.26. The monoisotopic (exact) mass is 425 g/mol. The molecule has 0 bridgehead atoms. The van der Waals surface area contributed by atoms with Crippen LogP contribution < -0.4 is 5.32 Å². The number of benzene rings is 1. The molecule has 1 aromatic heterocycles. The first kappa shape index (κ1) is 21.1. The van der Waals surface area contributed by atoms with E-state index in [0.29, 0.717) is 25.6 Å². The number of rotatable bonds is 7. The molecule has 2 aromatic rings. The molecule has 1 saturated carbocycles. The molecule has 0 spiro atoms. The number of nitrogens with one attached hydrogen (secondary N) is 1. The van der Waals surface area contributed by atoms with Crippen molar-refractivity contribution in [2.45, 2.75) is 38.1 Å². The van der Waals surface area contributed by atoms with Crippen LogP contribution >= 0.6 is 11.3 Å². The fourth-order valence-corrected chi connectivity index (χ4v) is 5.48. The normalized spacial score (nSPS) is 19.0. The molecule has 160 valence electrons. The zero-order valence-electron chi connectivity index (χ0n) is 17.5. The van der Waals surface area contributed by atoms with Crippen LogP contribution in [0.15, 0.2) is 47.8 Å². The largest absolute Gasteiger partial charge is 0.354 e. The highest BCUT2D eigenvalue weighted by atomic mass is 32.1. The molecule has 5 nitrogen and oxygen atoms in total. The number of carbonyl (C=O) groups is 2. The minimum absolute atomic E-state index is 0.0673. The molecule has 1 N–H and O–H groups in total. The second-order valence-corrected chi connectivity index (χ2v) is 9.27. The van der Waals surface area contributed by atoms with E-state index in [2.05, 4.69) is 22.3 Å². The van der Waals surface area contributed by atoms with Crippen molar-refractivity contribution in [3.8, 4) is 0 Å². The highest BCUT2D eigenvalue weighted by Gasteiger charge is 2.37. The molecule has 2 fully saturated rings. The van der Waals surface area contributed by atoms with Crippen LogP contribution in [0.3, 0.4) is 0 Å². The molecule has 1 unspecified atom stereocenters. The predicted molar refractivity (Wildman–Crippen MR) is 121 cm³/mol. The smallest absolute Gasteiger partial charge is 0.264 e. The Morgan fingerprint density at radius 1 is 1.00 bits per heavy atom. The molecule has 1 saturated heterocycles. The Labute approximate surface area is 183 Å². The lowest BCUT2D eigenvalue weighted by atomic mass is 9.95. The topological polar surface area (TPSA) is 52.7 Å². The first-order chi connectivity index (χ1) is 14.7. The van der Waals surface area contributed by atoms with Gasteiger partial charge in [-0.15, -0.1) is 11.3 Å². The summed E-state index contributed by atoms with van der Waals surface area (Å²) in [5.74, 6) is 0.714.